The number of hydrogen-bond acceptors (Lipinski definition) is 7. The van der Waals surface area contributed by atoms with Crippen LogP contribution in [0.25, 0.3) is 0 Å². The van der Waals surface area contributed by atoms with Crippen molar-refractivity contribution in [1.29, 1.82) is 0 Å². The van der Waals surface area contributed by atoms with Crippen molar-refractivity contribution in [3.05, 3.63) is 66.7 Å². The number of allylic oxidation sites excluding steroid dienone is 2. The van der Waals surface area contributed by atoms with Crippen LogP contribution in [-0.2, 0) is 4.79 Å². The van der Waals surface area contributed by atoms with E-state index in [1.807, 2.05) is 30.3 Å². The highest BCUT2D eigenvalue weighted by Crippen LogP contribution is 2.35. The summed E-state index contributed by atoms with van der Waals surface area (Å²) in [6, 6.07) is 7.87. The summed E-state index contributed by atoms with van der Waals surface area (Å²) in [6.45, 7) is 2.29. The number of amidine groups is 1. The van der Waals surface area contributed by atoms with Crippen molar-refractivity contribution in [2.24, 2.45) is 4.99 Å². The smallest absolute Gasteiger partial charge is 0.256 e. The van der Waals surface area contributed by atoms with Gasteiger partial charge in [0.05, 0.1) is 11.3 Å². The summed E-state index contributed by atoms with van der Waals surface area (Å²) in [7, 11) is 0. The zero-order valence-corrected chi connectivity index (χ0v) is 19.6. The average Bonchev–Trinajstić information content (AvgIpc) is 3.27. The van der Waals surface area contributed by atoms with Gasteiger partial charge in [0.1, 0.15) is 11.4 Å². The number of ether oxygens (including phenoxy) is 1. The highest BCUT2D eigenvalue weighted by molar-refractivity contribution is 8.15. The molecule has 34 heavy (non-hydrogen) atoms. The van der Waals surface area contributed by atoms with Gasteiger partial charge < -0.3 is 15.0 Å². The van der Waals surface area contributed by atoms with Crippen LogP contribution in [0.4, 0.5) is 10.1 Å². The van der Waals surface area contributed by atoms with Gasteiger partial charge in [0.15, 0.2) is 11.3 Å². The number of carbonyl (C=O) groups excluding carboxylic acids is 1. The second-order valence-corrected chi connectivity index (χ2v) is 9.66. The highest BCUT2D eigenvalue weighted by Gasteiger charge is 2.30. The van der Waals surface area contributed by atoms with Gasteiger partial charge in [-0.1, -0.05) is 36.1 Å². The molecule has 2 unspecified atom stereocenters. The first kappa shape index (κ1) is 22.6. The van der Waals surface area contributed by atoms with Crippen LogP contribution in [0, 0.1) is 0 Å². The van der Waals surface area contributed by atoms with Crippen LogP contribution in [0.15, 0.2) is 66.0 Å². The number of aliphatic imine (C=N–C) groups is 1. The number of nitrogens with zero attached hydrogens (tertiary/aromatic N) is 4. The molecule has 3 heterocycles. The van der Waals surface area contributed by atoms with Crippen molar-refractivity contribution in [3.8, 4) is 11.6 Å². The summed E-state index contributed by atoms with van der Waals surface area (Å²) in [5, 5.41) is 4.64. The van der Waals surface area contributed by atoms with E-state index in [1.165, 1.54) is 6.92 Å². The van der Waals surface area contributed by atoms with Crippen molar-refractivity contribution in [2.75, 3.05) is 18.4 Å². The Hall–Kier alpha value is -3.20. The maximum absolute atomic E-state index is 13.4. The van der Waals surface area contributed by atoms with Crippen LogP contribution in [0.2, 0.25) is 0 Å². The van der Waals surface area contributed by atoms with Gasteiger partial charge in [0.2, 0.25) is 5.88 Å². The van der Waals surface area contributed by atoms with E-state index < -0.39 is 12.1 Å². The lowest BCUT2D eigenvalue weighted by atomic mass is 9.93. The highest BCUT2D eigenvalue weighted by atomic mass is 32.2. The summed E-state index contributed by atoms with van der Waals surface area (Å²) >= 11 is 1.72. The normalized spacial score (nSPS) is 22.8. The maximum Gasteiger partial charge on any atom is 0.256 e. The van der Waals surface area contributed by atoms with Crippen LogP contribution in [0.5, 0.6) is 11.6 Å². The molecule has 1 aromatic carbocycles. The SMILES string of the molecule is C[C@@H](F)C(=O)N1CCC(c2nccnc2Oc2ccc(NC3=NC4C=CC=CC4S3)cc2)CC1. The molecular weight excluding hydrogens is 453 g/mol. The van der Waals surface area contributed by atoms with Crippen LogP contribution in [-0.4, -0.2) is 56.5 Å². The van der Waals surface area contributed by atoms with E-state index >= 15 is 0 Å². The van der Waals surface area contributed by atoms with Crippen molar-refractivity contribution < 1.29 is 13.9 Å². The molecule has 0 radical (unpaired) electrons. The largest absolute Gasteiger partial charge is 0.437 e. The van der Waals surface area contributed by atoms with Gasteiger partial charge in [0, 0.05) is 37.1 Å². The summed E-state index contributed by atoms with van der Waals surface area (Å²) in [5.41, 5.74) is 1.70. The average molecular weight is 480 g/mol. The number of rotatable bonds is 5. The lowest BCUT2D eigenvalue weighted by molar-refractivity contribution is -0.137. The molecule has 1 N–H and O–H groups in total. The third-order valence-corrected chi connectivity index (χ3v) is 7.25. The number of likely N-dealkylation sites (tertiary alicyclic amines) is 1. The number of carbonyl (C=O) groups is 1. The number of aromatic nitrogens is 2. The number of fused-ring (bicyclic) bond motifs is 1. The molecule has 2 aliphatic heterocycles. The minimum Gasteiger partial charge on any atom is -0.437 e. The Bertz CT molecular complexity index is 1130. The Labute approximate surface area is 202 Å². The molecule has 1 amide bonds. The zero-order chi connectivity index (χ0) is 23.5. The fourth-order valence-corrected chi connectivity index (χ4v) is 5.40. The van der Waals surface area contributed by atoms with Gasteiger partial charge in [0.25, 0.3) is 5.91 Å². The number of anilines is 1. The molecule has 3 aliphatic rings. The molecule has 1 aliphatic carbocycles. The molecule has 5 rings (SSSR count). The number of benzene rings is 1. The van der Waals surface area contributed by atoms with E-state index in [1.54, 1.807) is 29.1 Å². The second-order valence-electron chi connectivity index (χ2n) is 8.49. The third-order valence-electron chi connectivity index (χ3n) is 6.12. The maximum atomic E-state index is 13.4. The van der Waals surface area contributed by atoms with E-state index in [2.05, 4.69) is 33.5 Å². The first-order valence-electron chi connectivity index (χ1n) is 11.4. The quantitative estimate of drug-likeness (QED) is 0.669. The minimum atomic E-state index is -1.47. The molecule has 7 nitrogen and oxygen atoms in total. The van der Waals surface area contributed by atoms with E-state index in [4.69, 9.17) is 9.73 Å². The molecule has 176 valence electrons. The molecular formula is C25H26FN5O2S. The summed E-state index contributed by atoms with van der Waals surface area (Å²) in [4.78, 5) is 27.2. The Morgan fingerprint density at radius 2 is 1.88 bits per heavy atom. The van der Waals surface area contributed by atoms with Gasteiger partial charge in [-0.15, -0.1) is 0 Å². The van der Waals surface area contributed by atoms with Crippen molar-refractivity contribution >= 4 is 28.5 Å². The molecule has 1 saturated heterocycles. The summed E-state index contributed by atoms with van der Waals surface area (Å²) in [5.74, 6) is 0.779. The van der Waals surface area contributed by atoms with E-state index in [9.17, 15) is 9.18 Å². The van der Waals surface area contributed by atoms with Crippen LogP contribution in [0.3, 0.4) is 0 Å². The molecule has 9 heteroatoms. The molecule has 1 aromatic heterocycles. The number of nitrogens with one attached hydrogen (secondary N) is 1. The second kappa shape index (κ2) is 9.97. The number of piperidine rings is 1. The molecule has 0 saturated carbocycles. The fraction of sp³-hybridized carbons (Fsp3) is 0.360. The number of alkyl halides is 1. The van der Waals surface area contributed by atoms with E-state index in [0.717, 1.165) is 16.5 Å². The Morgan fingerprint density at radius 1 is 1.15 bits per heavy atom. The van der Waals surface area contributed by atoms with Crippen LogP contribution < -0.4 is 10.1 Å². The minimum absolute atomic E-state index is 0.104. The fourth-order valence-electron chi connectivity index (χ4n) is 4.32. The lowest BCUT2D eigenvalue weighted by Crippen LogP contribution is -2.41. The first-order valence-corrected chi connectivity index (χ1v) is 12.3. The predicted molar refractivity (Wildman–Crippen MR) is 132 cm³/mol. The molecule has 0 spiro atoms. The predicted octanol–water partition coefficient (Wildman–Crippen LogP) is 4.71. The molecule has 0 bridgehead atoms. The monoisotopic (exact) mass is 479 g/mol. The topological polar surface area (TPSA) is 79.7 Å². The summed E-state index contributed by atoms with van der Waals surface area (Å²) < 4.78 is 19.4. The van der Waals surface area contributed by atoms with E-state index in [0.29, 0.717) is 42.8 Å². The number of hydrogen-bond donors (Lipinski definition) is 1. The van der Waals surface area contributed by atoms with Gasteiger partial charge in [-0.3, -0.25) is 14.8 Å². The van der Waals surface area contributed by atoms with Crippen molar-refractivity contribution in [2.45, 2.75) is 43.1 Å². The molecule has 1 fully saturated rings. The number of thioether (sulfide) groups is 1. The van der Waals surface area contributed by atoms with E-state index in [-0.39, 0.29) is 12.0 Å². The van der Waals surface area contributed by atoms with Crippen molar-refractivity contribution in [3.63, 3.8) is 0 Å². The Morgan fingerprint density at radius 3 is 2.62 bits per heavy atom. The van der Waals surface area contributed by atoms with Gasteiger partial charge >= 0.3 is 0 Å². The van der Waals surface area contributed by atoms with Gasteiger partial charge in [-0.25, -0.2) is 9.37 Å². The van der Waals surface area contributed by atoms with Gasteiger partial charge in [-0.05, 0) is 44.0 Å². The number of amides is 1. The Balaban J connectivity index is 1.21. The summed E-state index contributed by atoms with van der Waals surface area (Å²) in [6.07, 6.45) is 11.6. The molecule has 3 atom stereocenters. The van der Waals surface area contributed by atoms with Crippen LogP contribution >= 0.6 is 11.8 Å². The lowest BCUT2D eigenvalue weighted by Gasteiger charge is -2.32. The standard InChI is InChI=1S/C25H26FN5O2S/c1-16(26)24(32)31-14-10-17(11-15-31)22-23(28-13-12-27-22)33-19-8-6-18(7-9-19)29-25-30-20-4-2-3-5-21(20)34-25/h2-9,12-13,16-17,20-21H,10-11,14-15H2,1H3,(H,29,30)/t16-,20?,21?/m1/s1. The Kier molecular flexibility index (Phi) is 6.62. The first-order chi connectivity index (χ1) is 16.6. The third kappa shape index (κ3) is 4.99. The van der Waals surface area contributed by atoms with Gasteiger partial charge in [-0.2, -0.15) is 0 Å². The molecule has 2 aromatic rings. The number of halogens is 1. The van der Waals surface area contributed by atoms with Crippen molar-refractivity contribution in [1.82, 2.24) is 14.9 Å². The zero-order valence-electron chi connectivity index (χ0n) is 18.8. The van der Waals surface area contributed by atoms with Crippen LogP contribution in [0.1, 0.15) is 31.4 Å².